The van der Waals surface area contributed by atoms with Crippen molar-refractivity contribution < 1.29 is 13.5 Å². The summed E-state index contributed by atoms with van der Waals surface area (Å²) in [5.74, 6) is -0.762. The molecular weight excluding hydrogens is 236 g/mol. The third-order valence-corrected chi connectivity index (χ3v) is 3.24. The number of halogens is 2. The summed E-state index contributed by atoms with van der Waals surface area (Å²) >= 11 is 0. The molecule has 1 aliphatic rings. The monoisotopic (exact) mass is 255 g/mol. The van der Waals surface area contributed by atoms with Crippen LogP contribution < -0.4 is 5.32 Å². The number of benzene rings is 1. The minimum atomic E-state index is -0.399. The van der Waals surface area contributed by atoms with Gasteiger partial charge in [0.25, 0.3) is 0 Å². The van der Waals surface area contributed by atoms with Crippen LogP contribution in [0.4, 0.5) is 8.78 Å². The van der Waals surface area contributed by atoms with E-state index in [1.165, 1.54) is 12.5 Å². The molecule has 0 spiro atoms. The first kappa shape index (κ1) is 13.4. The highest BCUT2D eigenvalue weighted by Crippen LogP contribution is 2.15. The van der Waals surface area contributed by atoms with Crippen molar-refractivity contribution in [1.29, 1.82) is 0 Å². The van der Waals surface area contributed by atoms with Crippen LogP contribution in [0.1, 0.15) is 31.2 Å². The van der Waals surface area contributed by atoms with Gasteiger partial charge < -0.3 is 10.1 Å². The second kappa shape index (κ2) is 6.81. The second-order valence-corrected chi connectivity index (χ2v) is 4.69. The molecule has 18 heavy (non-hydrogen) atoms. The Hall–Kier alpha value is -1.00. The zero-order valence-corrected chi connectivity index (χ0v) is 10.4. The fourth-order valence-corrected chi connectivity index (χ4v) is 2.20. The summed E-state index contributed by atoms with van der Waals surface area (Å²) in [6.07, 6.45) is 4.73. The molecule has 0 saturated carbocycles. The highest BCUT2D eigenvalue weighted by Gasteiger charge is 2.13. The largest absolute Gasteiger partial charge is 0.378 e. The normalized spacial score (nSPS) is 20.0. The Morgan fingerprint density at radius 1 is 1.28 bits per heavy atom. The van der Waals surface area contributed by atoms with Crippen LogP contribution in [0.3, 0.4) is 0 Å². The first-order valence-corrected chi connectivity index (χ1v) is 6.52. The Morgan fingerprint density at radius 3 is 2.94 bits per heavy atom. The van der Waals surface area contributed by atoms with Gasteiger partial charge in [0, 0.05) is 18.7 Å². The Bertz CT molecular complexity index is 378. The van der Waals surface area contributed by atoms with E-state index in [0.29, 0.717) is 18.2 Å². The fourth-order valence-electron chi connectivity index (χ4n) is 2.20. The summed E-state index contributed by atoms with van der Waals surface area (Å²) in [4.78, 5) is 0. The van der Waals surface area contributed by atoms with Gasteiger partial charge in [-0.1, -0.05) is 0 Å². The standard InChI is InChI=1S/C14H19F2NO/c15-12-4-5-14(16)11(9-12)10-17-7-6-13-3-1-2-8-18-13/h4-5,9,13,17H,1-3,6-8,10H2. The Kier molecular flexibility index (Phi) is 5.08. The van der Waals surface area contributed by atoms with Gasteiger partial charge in [-0.15, -0.1) is 0 Å². The van der Waals surface area contributed by atoms with Crippen molar-refractivity contribution in [3.8, 4) is 0 Å². The van der Waals surface area contributed by atoms with Crippen LogP contribution in [0, 0.1) is 11.6 Å². The summed E-state index contributed by atoms with van der Waals surface area (Å²) in [5.41, 5.74) is 0.375. The average Bonchev–Trinajstić information content (AvgIpc) is 2.40. The minimum Gasteiger partial charge on any atom is -0.378 e. The molecular formula is C14H19F2NO. The van der Waals surface area contributed by atoms with Crippen molar-refractivity contribution in [1.82, 2.24) is 5.32 Å². The second-order valence-electron chi connectivity index (χ2n) is 4.69. The summed E-state index contributed by atoms with van der Waals surface area (Å²) < 4.78 is 31.9. The number of hydrogen-bond donors (Lipinski definition) is 1. The highest BCUT2D eigenvalue weighted by atomic mass is 19.1. The third kappa shape index (κ3) is 4.03. The molecule has 0 bridgehead atoms. The first-order valence-electron chi connectivity index (χ1n) is 6.52. The topological polar surface area (TPSA) is 21.3 Å². The SMILES string of the molecule is Fc1ccc(F)c(CNCCC2CCCCO2)c1. The van der Waals surface area contributed by atoms with Gasteiger partial charge >= 0.3 is 0 Å². The quantitative estimate of drug-likeness (QED) is 0.817. The van der Waals surface area contributed by atoms with E-state index in [9.17, 15) is 8.78 Å². The van der Waals surface area contributed by atoms with E-state index in [4.69, 9.17) is 4.74 Å². The number of hydrogen-bond acceptors (Lipinski definition) is 2. The van der Waals surface area contributed by atoms with Crippen LogP contribution >= 0.6 is 0 Å². The first-order chi connectivity index (χ1) is 8.75. The molecule has 1 unspecified atom stereocenters. The predicted molar refractivity (Wildman–Crippen MR) is 66.3 cm³/mol. The average molecular weight is 255 g/mol. The van der Waals surface area contributed by atoms with Crippen LogP contribution in [0.5, 0.6) is 0 Å². The molecule has 100 valence electrons. The lowest BCUT2D eigenvalue weighted by atomic mass is 10.1. The van der Waals surface area contributed by atoms with E-state index in [2.05, 4.69) is 5.32 Å². The molecule has 1 aromatic rings. The van der Waals surface area contributed by atoms with E-state index < -0.39 is 5.82 Å². The van der Waals surface area contributed by atoms with Crippen molar-refractivity contribution >= 4 is 0 Å². The van der Waals surface area contributed by atoms with Crippen LogP contribution in [-0.2, 0) is 11.3 Å². The molecule has 1 aromatic carbocycles. The maximum atomic E-state index is 13.3. The molecule has 4 heteroatoms. The Labute approximate surface area is 106 Å². The lowest BCUT2D eigenvalue weighted by Gasteiger charge is -2.22. The van der Waals surface area contributed by atoms with Gasteiger partial charge in [-0.25, -0.2) is 8.78 Å². The molecule has 0 radical (unpaired) electrons. The number of ether oxygens (including phenoxy) is 1. The van der Waals surface area contributed by atoms with E-state index in [0.717, 1.165) is 44.5 Å². The van der Waals surface area contributed by atoms with Crippen LogP contribution in [0.2, 0.25) is 0 Å². The van der Waals surface area contributed by atoms with Gasteiger partial charge in [-0.05, 0) is 50.4 Å². The molecule has 1 atom stereocenters. The van der Waals surface area contributed by atoms with E-state index >= 15 is 0 Å². The molecule has 0 aliphatic carbocycles. The summed E-state index contributed by atoms with van der Waals surface area (Å²) in [7, 11) is 0. The molecule has 2 nitrogen and oxygen atoms in total. The number of nitrogens with one attached hydrogen (secondary N) is 1. The molecule has 1 aliphatic heterocycles. The Balaban J connectivity index is 1.69. The van der Waals surface area contributed by atoms with Crippen molar-refractivity contribution in [3.05, 3.63) is 35.4 Å². The summed E-state index contributed by atoms with van der Waals surface area (Å²) in [5, 5.41) is 3.13. The number of rotatable bonds is 5. The van der Waals surface area contributed by atoms with E-state index in [1.807, 2.05) is 0 Å². The van der Waals surface area contributed by atoms with Gasteiger partial charge in [0.05, 0.1) is 6.10 Å². The molecule has 0 aromatic heterocycles. The molecule has 1 fully saturated rings. The third-order valence-electron chi connectivity index (χ3n) is 3.24. The van der Waals surface area contributed by atoms with E-state index in [1.54, 1.807) is 0 Å². The molecule has 2 rings (SSSR count). The van der Waals surface area contributed by atoms with Crippen LogP contribution in [0.25, 0.3) is 0 Å². The maximum Gasteiger partial charge on any atom is 0.127 e. The zero-order chi connectivity index (χ0) is 12.8. The molecule has 1 saturated heterocycles. The summed E-state index contributed by atoms with van der Waals surface area (Å²) in [6.45, 7) is 1.97. The fraction of sp³-hybridized carbons (Fsp3) is 0.571. The van der Waals surface area contributed by atoms with Gasteiger partial charge in [0.1, 0.15) is 11.6 Å². The van der Waals surface area contributed by atoms with Crippen LogP contribution in [-0.4, -0.2) is 19.3 Å². The van der Waals surface area contributed by atoms with E-state index in [-0.39, 0.29) is 5.82 Å². The zero-order valence-electron chi connectivity index (χ0n) is 10.4. The van der Waals surface area contributed by atoms with Crippen molar-refractivity contribution in [2.24, 2.45) is 0 Å². The lowest BCUT2D eigenvalue weighted by molar-refractivity contribution is 0.0115. The van der Waals surface area contributed by atoms with Gasteiger partial charge in [-0.2, -0.15) is 0 Å². The minimum absolute atomic E-state index is 0.323. The van der Waals surface area contributed by atoms with Crippen molar-refractivity contribution in [2.45, 2.75) is 38.3 Å². The van der Waals surface area contributed by atoms with Crippen molar-refractivity contribution in [3.63, 3.8) is 0 Å². The molecule has 1 heterocycles. The maximum absolute atomic E-state index is 13.3. The van der Waals surface area contributed by atoms with Gasteiger partial charge in [0.2, 0.25) is 0 Å². The van der Waals surface area contributed by atoms with Crippen molar-refractivity contribution in [2.75, 3.05) is 13.2 Å². The highest BCUT2D eigenvalue weighted by molar-refractivity contribution is 5.18. The smallest absolute Gasteiger partial charge is 0.127 e. The predicted octanol–water partition coefficient (Wildman–Crippen LogP) is 3.01. The van der Waals surface area contributed by atoms with Gasteiger partial charge in [0.15, 0.2) is 0 Å². The molecule has 0 amide bonds. The summed E-state index contributed by atoms with van der Waals surface area (Å²) in [6, 6.07) is 3.53. The van der Waals surface area contributed by atoms with Crippen LogP contribution in [0.15, 0.2) is 18.2 Å². The molecule has 1 N–H and O–H groups in total. The Morgan fingerprint density at radius 2 is 2.17 bits per heavy atom. The van der Waals surface area contributed by atoms with Gasteiger partial charge in [-0.3, -0.25) is 0 Å². The lowest BCUT2D eigenvalue weighted by Crippen LogP contribution is -2.25.